The molecule has 3 aromatic rings. The van der Waals surface area contributed by atoms with Gasteiger partial charge in [-0.05, 0) is 61.4 Å². The lowest BCUT2D eigenvalue weighted by molar-refractivity contribution is -0.139. The molecule has 226 valence electrons. The average Bonchev–Trinajstić information content (AvgIpc) is 2.95. The minimum Gasteiger partial charge on any atom is -0.354 e. The first-order chi connectivity index (χ1) is 19.8. The molecular weight excluding hydrogens is 614 g/mol. The van der Waals surface area contributed by atoms with E-state index in [2.05, 4.69) is 5.32 Å². The van der Waals surface area contributed by atoms with Gasteiger partial charge in [0.05, 0.1) is 21.2 Å². The highest BCUT2D eigenvalue weighted by Crippen LogP contribution is 2.38. The third-order valence-corrected chi connectivity index (χ3v) is 8.79. The van der Waals surface area contributed by atoms with Crippen LogP contribution in [0.3, 0.4) is 0 Å². The van der Waals surface area contributed by atoms with Crippen molar-refractivity contribution >= 4 is 50.7 Å². The summed E-state index contributed by atoms with van der Waals surface area (Å²) in [4.78, 5) is 27.8. The summed E-state index contributed by atoms with van der Waals surface area (Å²) in [5.41, 5.74) is -1.08. The molecule has 1 atom stereocenters. The SMILES string of the molecule is CCCCNC(=O)C(C)N(Cc1ccc(Cl)cc1)C(=O)CN(c1ccc(Cl)c(C(F)(F)F)c1)S(=O)(=O)c1ccccc1. The summed E-state index contributed by atoms with van der Waals surface area (Å²) >= 11 is 11.8. The van der Waals surface area contributed by atoms with E-state index in [0.29, 0.717) is 33.9 Å². The standard InChI is InChI=1S/C29H30Cl2F3N3O4S/c1-3-4-16-35-28(39)20(2)36(18-21-10-12-22(30)13-11-21)27(38)19-37(42(40,41)24-8-6-5-7-9-24)23-14-15-26(31)25(17-23)29(32,33)34/h5-15,17,20H,3-4,16,18-19H2,1-2H3,(H,35,39). The number of nitrogens with one attached hydrogen (secondary N) is 1. The van der Waals surface area contributed by atoms with E-state index in [4.69, 9.17) is 23.2 Å². The maximum Gasteiger partial charge on any atom is 0.417 e. The number of carbonyl (C=O) groups is 2. The van der Waals surface area contributed by atoms with Crippen molar-refractivity contribution in [2.24, 2.45) is 0 Å². The molecule has 1 unspecified atom stereocenters. The van der Waals surface area contributed by atoms with Crippen LogP contribution in [0.15, 0.2) is 77.7 Å². The predicted molar refractivity (Wildman–Crippen MR) is 157 cm³/mol. The van der Waals surface area contributed by atoms with Crippen molar-refractivity contribution in [1.82, 2.24) is 10.2 Å². The number of halogens is 5. The quantitative estimate of drug-likeness (QED) is 0.227. The van der Waals surface area contributed by atoms with Gasteiger partial charge in [0.1, 0.15) is 12.6 Å². The highest BCUT2D eigenvalue weighted by molar-refractivity contribution is 7.92. The summed E-state index contributed by atoms with van der Waals surface area (Å²) in [6.45, 7) is 2.84. The summed E-state index contributed by atoms with van der Waals surface area (Å²) < 4.78 is 69.2. The third kappa shape index (κ3) is 8.39. The van der Waals surface area contributed by atoms with Crippen molar-refractivity contribution in [2.45, 2.75) is 50.3 Å². The summed E-state index contributed by atoms with van der Waals surface area (Å²) in [6, 6.07) is 15.1. The van der Waals surface area contributed by atoms with E-state index in [9.17, 15) is 31.2 Å². The first-order valence-corrected chi connectivity index (χ1v) is 15.2. The number of alkyl halides is 3. The van der Waals surface area contributed by atoms with Crippen LogP contribution in [0, 0.1) is 0 Å². The number of nitrogens with zero attached hydrogens (tertiary/aromatic N) is 2. The van der Waals surface area contributed by atoms with E-state index in [1.54, 1.807) is 30.3 Å². The molecule has 2 amide bonds. The van der Waals surface area contributed by atoms with E-state index in [1.165, 1.54) is 36.1 Å². The third-order valence-electron chi connectivity index (χ3n) is 6.42. The second kappa shape index (κ2) is 14.3. The van der Waals surface area contributed by atoms with E-state index in [0.717, 1.165) is 18.6 Å². The normalized spacial score (nSPS) is 12.5. The van der Waals surface area contributed by atoms with Gasteiger partial charge in [0.2, 0.25) is 11.8 Å². The van der Waals surface area contributed by atoms with Gasteiger partial charge in [-0.1, -0.05) is 66.9 Å². The Kier molecular flexibility index (Phi) is 11.3. The summed E-state index contributed by atoms with van der Waals surface area (Å²) in [7, 11) is -4.54. The lowest BCUT2D eigenvalue weighted by Crippen LogP contribution is -2.51. The number of sulfonamides is 1. The Morgan fingerprint density at radius 2 is 1.62 bits per heavy atom. The molecule has 42 heavy (non-hydrogen) atoms. The lowest BCUT2D eigenvalue weighted by atomic mass is 10.1. The van der Waals surface area contributed by atoms with Crippen LogP contribution >= 0.6 is 23.2 Å². The zero-order valence-electron chi connectivity index (χ0n) is 22.9. The second-order valence-corrected chi connectivity index (χ2v) is 12.2. The number of hydrogen-bond donors (Lipinski definition) is 1. The molecule has 0 aromatic heterocycles. The topological polar surface area (TPSA) is 86.8 Å². The Hall–Kier alpha value is -3.28. The Bertz CT molecular complexity index is 1490. The minimum atomic E-state index is -4.88. The maximum atomic E-state index is 13.9. The molecule has 0 bridgehead atoms. The number of anilines is 1. The Morgan fingerprint density at radius 3 is 2.21 bits per heavy atom. The van der Waals surface area contributed by atoms with Crippen molar-refractivity contribution in [3.63, 3.8) is 0 Å². The summed E-state index contributed by atoms with van der Waals surface area (Å²) in [5.74, 6) is -1.28. The Labute approximate surface area is 253 Å². The summed E-state index contributed by atoms with van der Waals surface area (Å²) in [5, 5.41) is 2.58. The highest BCUT2D eigenvalue weighted by atomic mass is 35.5. The van der Waals surface area contributed by atoms with Gasteiger partial charge in [0, 0.05) is 18.1 Å². The monoisotopic (exact) mass is 643 g/mol. The van der Waals surface area contributed by atoms with Gasteiger partial charge in [-0.25, -0.2) is 8.42 Å². The van der Waals surface area contributed by atoms with Crippen molar-refractivity contribution < 1.29 is 31.2 Å². The number of hydrogen-bond acceptors (Lipinski definition) is 4. The smallest absolute Gasteiger partial charge is 0.354 e. The van der Waals surface area contributed by atoms with E-state index < -0.39 is 56.9 Å². The average molecular weight is 645 g/mol. The molecule has 0 aliphatic heterocycles. The number of unbranched alkanes of at least 4 members (excludes halogenated alkanes) is 1. The van der Waals surface area contributed by atoms with Crippen LogP contribution in [-0.4, -0.2) is 44.3 Å². The van der Waals surface area contributed by atoms with Gasteiger partial charge in [-0.15, -0.1) is 0 Å². The van der Waals surface area contributed by atoms with Crippen LogP contribution < -0.4 is 9.62 Å². The van der Waals surface area contributed by atoms with Crippen LogP contribution in [0.4, 0.5) is 18.9 Å². The van der Waals surface area contributed by atoms with E-state index in [1.807, 2.05) is 6.92 Å². The molecule has 0 radical (unpaired) electrons. The molecule has 0 fully saturated rings. The molecule has 0 aliphatic rings. The summed E-state index contributed by atoms with van der Waals surface area (Å²) in [6.07, 6.45) is -3.34. The molecule has 0 aliphatic carbocycles. The number of carbonyl (C=O) groups excluding carboxylic acids is 2. The Morgan fingerprint density at radius 1 is 0.976 bits per heavy atom. The fraction of sp³-hybridized carbons (Fsp3) is 0.310. The molecule has 13 heteroatoms. The lowest BCUT2D eigenvalue weighted by Gasteiger charge is -2.32. The maximum absolute atomic E-state index is 13.9. The molecule has 7 nitrogen and oxygen atoms in total. The largest absolute Gasteiger partial charge is 0.417 e. The second-order valence-electron chi connectivity index (χ2n) is 9.46. The molecule has 0 heterocycles. The van der Waals surface area contributed by atoms with Gasteiger partial charge in [0.15, 0.2) is 0 Å². The van der Waals surface area contributed by atoms with Crippen LogP contribution in [0.25, 0.3) is 0 Å². The molecular formula is C29H30Cl2F3N3O4S. The first-order valence-electron chi connectivity index (χ1n) is 13.0. The van der Waals surface area contributed by atoms with Gasteiger partial charge in [-0.3, -0.25) is 13.9 Å². The minimum absolute atomic E-state index is 0.0913. The van der Waals surface area contributed by atoms with Crippen molar-refractivity contribution in [2.75, 3.05) is 17.4 Å². The zero-order chi connectivity index (χ0) is 31.1. The number of rotatable bonds is 12. The first kappa shape index (κ1) is 33.2. The molecule has 0 saturated carbocycles. The number of amides is 2. The van der Waals surface area contributed by atoms with Crippen LogP contribution in [0.5, 0.6) is 0 Å². The van der Waals surface area contributed by atoms with Gasteiger partial charge < -0.3 is 10.2 Å². The molecule has 1 N–H and O–H groups in total. The number of benzene rings is 3. The van der Waals surface area contributed by atoms with Crippen molar-refractivity contribution in [1.29, 1.82) is 0 Å². The molecule has 0 saturated heterocycles. The van der Waals surface area contributed by atoms with Gasteiger partial charge >= 0.3 is 6.18 Å². The van der Waals surface area contributed by atoms with E-state index in [-0.39, 0.29) is 11.4 Å². The fourth-order valence-electron chi connectivity index (χ4n) is 4.04. The van der Waals surface area contributed by atoms with Gasteiger partial charge in [-0.2, -0.15) is 13.2 Å². The van der Waals surface area contributed by atoms with Gasteiger partial charge in [0.25, 0.3) is 10.0 Å². The van der Waals surface area contributed by atoms with Crippen molar-refractivity contribution in [3.8, 4) is 0 Å². The predicted octanol–water partition coefficient (Wildman–Crippen LogP) is 6.54. The van der Waals surface area contributed by atoms with Crippen LogP contribution in [0.2, 0.25) is 10.0 Å². The van der Waals surface area contributed by atoms with Crippen LogP contribution in [-0.2, 0) is 32.3 Å². The van der Waals surface area contributed by atoms with E-state index >= 15 is 0 Å². The van der Waals surface area contributed by atoms with Crippen molar-refractivity contribution in [3.05, 3.63) is 94.0 Å². The molecule has 0 spiro atoms. The molecule has 3 rings (SSSR count). The highest BCUT2D eigenvalue weighted by Gasteiger charge is 2.37. The molecule has 3 aromatic carbocycles. The Balaban J connectivity index is 2.07. The zero-order valence-corrected chi connectivity index (χ0v) is 25.2. The van der Waals surface area contributed by atoms with Crippen LogP contribution in [0.1, 0.15) is 37.8 Å². The fourth-order valence-corrected chi connectivity index (χ4v) is 5.82.